The minimum atomic E-state index is -0.0471. The number of nitrogens with zero attached hydrogens (tertiary/aromatic N) is 2. The number of aromatic nitrogens is 2. The molecular weight excluding hydrogens is 354 g/mol. The molecule has 2 aromatic carbocycles. The van der Waals surface area contributed by atoms with Crippen LogP contribution in [-0.4, -0.2) is 21.9 Å². The highest BCUT2D eigenvalue weighted by atomic mass is 32.2. The number of carbonyl (C=O) groups is 1. The fourth-order valence-corrected chi connectivity index (χ4v) is 3.38. The summed E-state index contributed by atoms with van der Waals surface area (Å²) in [6.45, 7) is 8.17. The van der Waals surface area contributed by atoms with Gasteiger partial charge in [0.1, 0.15) is 5.03 Å². The van der Waals surface area contributed by atoms with E-state index >= 15 is 0 Å². The van der Waals surface area contributed by atoms with Crippen molar-refractivity contribution in [3.05, 3.63) is 70.8 Å². The van der Waals surface area contributed by atoms with E-state index in [2.05, 4.69) is 47.6 Å². The maximum Gasteiger partial charge on any atom is 0.234 e. The zero-order chi connectivity index (χ0) is 19.4. The van der Waals surface area contributed by atoms with E-state index in [1.54, 1.807) is 0 Å². The first-order valence-electron chi connectivity index (χ1n) is 8.84. The van der Waals surface area contributed by atoms with Crippen LogP contribution in [0.15, 0.2) is 53.6 Å². The van der Waals surface area contributed by atoms with Gasteiger partial charge in [0.2, 0.25) is 5.91 Å². The number of amides is 1. The maximum absolute atomic E-state index is 12.2. The van der Waals surface area contributed by atoms with E-state index < -0.39 is 0 Å². The molecule has 0 radical (unpaired) electrons. The molecule has 0 aliphatic rings. The number of rotatable bonds is 5. The standard InChI is InChI=1S/C22H23N3OS/c1-14-8-9-16(3)18(12-14)20-10-11-22(25-24-20)27-13-21(26)23-19-7-5-6-15(2)17(19)4/h5-12H,13H2,1-4H3,(H,23,26). The fraction of sp³-hybridized carbons (Fsp3) is 0.227. The zero-order valence-electron chi connectivity index (χ0n) is 16.0. The quantitative estimate of drug-likeness (QED) is 0.628. The lowest BCUT2D eigenvalue weighted by atomic mass is 10.0. The number of aryl methyl sites for hydroxylation is 3. The lowest BCUT2D eigenvalue weighted by Gasteiger charge is -2.10. The van der Waals surface area contributed by atoms with Gasteiger partial charge in [-0.25, -0.2) is 0 Å². The normalized spacial score (nSPS) is 10.7. The van der Waals surface area contributed by atoms with Gasteiger partial charge in [-0.1, -0.05) is 41.6 Å². The Balaban J connectivity index is 1.62. The molecule has 1 amide bonds. The molecule has 0 aliphatic carbocycles. The van der Waals surface area contributed by atoms with Crippen LogP contribution in [0.2, 0.25) is 0 Å². The lowest BCUT2D eigenvalue weighted by molar-refractivity contribution is -0.113. The van der Waals surface area contributed by atoms with E-state index in [-0.39, 0.29) is 5.91 Å². The molecule has 0 bridgehead atoms. The van der Waals surface area contributed by atoms with Crippen molar-refractivity contribution in [3.8, 4) is 11.3 Å². The summed E-state index contributed by atoms with van der Waals surface area (Å²) in [5.41, 5.74) is 7.41. The molecule has 0 atom stereocenters. The highest BCUT2D eigenvalue weighted by Gasteiger charge is 2.09. The van der Waals surface area contributed by atoms with Crippen molar-refractivity contribution in [2.45, 2.75) is 32.7 Å². The first-order valence-corrected chi connectivity index (χ1v) is 9.83. The highest BCUT2D eigenvalue weighted by molar-refractivity contribution is 7.99. The van der Waals surface area contributed by atoms with Crippen LogP contribution < -0.4 is 5.32 Å². The van der Waals surface area contributed by atoms with Gasteiger partial charge in [-0.2, -0.15) is 0 Å². The van der Waals surface area contributed by atoms with E-state index in [0.29, 0.717) is 5.75 Å². The van der Waals surface area contributed by atoms with Crippen LogP contribution in [0.5, 0.6) is 0 Å². The molecule has 27 heavy (non-hydrogen) atoms. The molecule has 138 valence electrons. The average molecular weight is 378 g/mol. The number of nitrogens with one attached hydrogen (secondary N) is 1. The van der Waals surface area contributed by atoms with Gasteiger partial charge in [0.05, 0.1) is 11.4 Å². The molecule has 0 unspecified atom stereocenters. The van der Waals surface area contributed by atoms with Crippen molar-refractivity contribution in [3.63, 3.8) is 0 Å². The molecule has 3 rings (SSSR count). The lowest BCUT2D eigenvalue weighted by Crippen LogP contribution is -2.15. The predicted molar refractivity (Wildman–Crippen MR) is 112 cm³/mol. The number of benzene rings is 2. The van der Waals surface area contributed by atoms with E-state index in [1.807, 2.05) is 44.2 Å². The number of hydrogen-bond acceptors (Lipinski definition) is 4. The van der Waals surface area contributed by atoms with Gasteiger partial charge >= 0.3 is 0 Å². The Kier molecular flexibility index (Phi) is 5.91. The van der Waals surface area contributed by atoms with Gasteiger partial charge in [-0.15, -0.1) is 10.2 Å². The molecule has 1 N–H and O–H groups in total. The van der Waals surface area contributed by atoms with Crippen LogP contribution >= 0.6 is 11.8 Å². The van der Waals surface area contributed by atoms with E-state index in [4.69, 9.17) is 0 Å². The summed E-state index contributed by atoms with van der Waals surface area (Å²) in [6.07, 6.45) is 0. The summed E-state index contributed by atoms with van der Waals surface area (Å²) in [5.74, 6) is 0.249. The third-order valence-electron chi connectivity index (χ3n) is 4.54. The SMILES string of the molecule is Cc1ccc(C)c(-c2ccc(SCC(=O)Nc3cccc(C)c3C)nn2)c1. The molecule has 3 aromatic rings. The topological polar surface area (TPSA) is 54.9 Å². The van der Waals surface area contributed by atoms with Gasteiger partial charge in [-0.05, 0) is 68.7 Å². The average Bonchev–Trinajstić information content (AvgIpc) is 2.66. The van der Waals surface area contributed by atoms with Crippen LogP contribution in [0, 0.1) is 27.7 Å². The number of carbonyl (C=O) groups excluding carboxylic acids is 1. The van der Waals surface area contributed by atoms with Gasteiger partial charge in [0, 0.05) is 11.3 Å². The molecule has 1 heterocycles. The van der Waals surface area contributed by atoms with Gasteiger partial charge in [0.25, 0.3) is 0 Å². The van der Waals surface area contributed by atoms with Gasteiger partial charge < -0.3 is 5.32 Å². The summed E-state index contributed by atoms with van der Waals surface area (Å²) in [5, 5.41) is 12.3. The summed E-state index contributed by atoms with van der Waals surface area (Å²) < 4.78 is 0. The Morgan fingerprint density at radius 2 is 1.78 bits per heavy atom. The van der Waals surface area contributed by atoms with Crippen molar-refractivity contribution in [2.75, 3.05) is 11.1 Å². The minimum absolute atomic E-state index is 0.0471. The monoisotopic (exact) mass is 377 g/mol. The molecular formula is C22H23N3OS. The Labute approximate surface area is 164 Å². The van der Waals surface area contributed by atoms with Crippen molar-refractivity contribution in [2.24, 2.45) is 0 Å². The maximum atomic E-state index is 12.2. The molecule has 4 nitrogen and oxygen atoms in total. The molecule has 0 saturated heterocycles. The van der Waals surface area contributed by atoms with Crippen molar-refractivity contribution >= 4 is 23.4 Å². The first-order chi connectivity index (χ1) is 12.9. The van der Waals surface area contributed by atoms with Crippen LogP contribution in [0.3, 0.4) is 0 Å². The molecule has 1 aromatic heterocycles. The summed E-state index contributed by atoms with van der Waals surface area (Å²) >= 11 is 1.38. The fourth-order valence-electron chi connectivity index (χ4n) is 2.76. The second kappa shape index (κ2) is 8.35. The Hall–Kier alpha value is -2.66. The predicted octanol–water partition coefficient (Wildman–Crippen LogP) is 5.11. The molecule has 0 fully saturated rings. The Morgan fingerprint density at radius 1 is 0.963 bits per heavy atom. The smallest absolute Gasteiger partial charge is 0.234 e. The van der Waals surface area contributed by atoms with E-state index in [0.717, 1.165) is 33.1 Å². The van der Waals surface area contributed by atoms with Crippen molar-refractivity contribution in [1.82, 2.24) is 10.2 Å². The van der Waals surface area contributed by atoms with Crippen LogP contribution in [0.1, 0.15) is 22.3 Å². The number of hydrogen-bond donors (Lipinski definition) is 1. The first kappa shape index (κ1) is 19.1. The van der Waals surface area contributed by atoms with E-state index in [1.165, 1.54) is 22.9 Å². The largest absolute Gasteiger partial charge is 0.325 e. The van der Waals surface area contributed by atoms with Crippen molar-refractivity contribution < 1.29 is 4.79 Å². The number of anilines is 1. The Morgan fingerprint density at radius 3 is 2.52 bits per heavy atom. The summed E-state index contributed by atoms with van der Waals surface area (Å²) in [4.78, 5) is 12.2. The van der Waals surface area contributed by atoms with Gasteiger partial charge in [0.15, 0.2) is 0 Å². The van der Waals surface area contributed by atoms with Crippen molar-refractivity contribution in [1.29, 1.82) is 0 Å². The minimum Gasteiger partial charge on any atom is -0.325 e. The molecule has 0 aliphatic heterocycles. The number of thioether (sulfide) groups is 1. The second-order valence-corrected chi connectivity index (χ2v) is 7.66. The highest BCUT2D eigenvalue weighted by Crippen LogP contribution is 2.24. The molecule has 0 saturated carbocycles. The Bertz CT molecular complexity index is 968. The zero-order valence-corrected chi connectivity index (χ0v) is 16.9. The summed E-state index contributed by atoms with van der Waals surface area (Å²) in [6, 6.07) is 16.1. The van der Waals surface area contributed by atoms with Crippen LogP contribution in [0.4, 0.5) is 5.69 Å². The third-order valence-corrected chi connectivity index (χ3v) is 5.46. The molecule has 5 heteroatoms. The van der Waals surface area contributed by atoms with E-state index in [9.17, 15) is 4.79 Å². The molecule has 0 spiro atoms. The summed E-state index contributed by atoms with van der Waals surface area (Å²) in [7, 11) is 0. The second-order valence-electron chi connectivity index (χ2n) is 6.66. The van der Waals surface area contributed by atoms with Crippen LogP contribution in [-0.2, 0) is 4.79 Å². The third kappa shape index (κ3) is 4.74. The van der Waals surface area contributed by atoms with Gasteiger partial charge in [-0.3, -0.25) is 4.79 Å². The van der Waals surface area contributed by atoms with Crippen LogP contribution in [0.25, 0.3) is 11.3 Å².